The van der Waals surface area contributed by atoms with Crippen molar-refractivity contribution < 1.29 is 9.90 Å². The van der Waals surface area contributed by atoms with Crippen LogP contribution in [0.3, 0.4) is 0 Å². The largest absolute Gasteiger partial charge is 0.396 e. The van der Waals surface area contributed by atoms with Crippen LogP contribution in [0.1, 0.15) is 24.5 Å². The van der Waals surface area contributed by atoms with Gasteiger partial charge in [0.05, 0.1) is 0 Å². The van der Waals surface area contributed by atoms with E-state index in [2.05, 4.69) is 13.0 Å². The molecule has 1 saturated heterocycles. The maximum absolute atomic E-state index is 12.0. The molecule has 0 aliphatic carbocycles. The number of hydrogen-bond donors (Lipinski definition) is 1. The number of anilines is 1. The molecule has 17 heavy (non-hydrogen) atoms. The lowest BCUT2D eigenvalue weighted by Gasteiger charge is -2.22. The third-order valence-corrected chi connectivity index (χ3v) is 3.44. The van der Waals surface area contributed by atoms with Crippen molar-refractivity contribution in [3.05, 3.63) is 29.3 Å². The normalized spacial score (nSPS) is 20.1. The van der Waals surface area contributed by atoms with Gasteiger partial charge in [-0.15, -0.1) is 0 Å². The highest BCUT2D eigenvalue weighted by Crippen LogP contribution is 2.31. The fourth-order valence-corrected chi connectivity index (χ4v) is 2.51. The average molecular weight is 233 g/mol. The molecule has 1 aliphatic rings. The summed E-state index contributed by atoms with van der Waals surface area (Å²) in [6.45, 7) is 4.87. The van der Waals surface area contributed by atoms with Crippen molar-refractivity contribution in [2.75, 3.05) is 18.1 Å². The third-order valence-electron chi connectivity index (χ3n) is 3.44. The van der Waals surface area contributed by atoms with Crippen molar-refractivity contribution in [3.63, 3.8) is 0 Å². The number of para-hydroxylation sites is 1. The molecule has 0 aromatic heterocycles. The summed E-state index contributed by atoms with van der Waals surface area (Å²) in [4.78, 5) is 13.8. The summed E-state index contributed by atoms with van der Waals surface area (Å²) in [5, 5.41) is 9.17. The number of aliphatic hydroxyl groups is 1. The lowest BCUT2D eigenvalue weighted by molar-refractivity contribution is -0.117. The van der Waals surface area contributed by atoms with E-state index in [9.17, 15) is 4.79 Å². The number of nitrogens with zero attached hydrogens (tertiary/aromatic N) is 1. The fourth-order valence-electron chi connectivity index (χ4n) is 2.51. The van der Waals surface area contributed by atoms with Crippen LogP contribution >= 0.6 is 0 Å². The van der Waals surface area contributed by atoms with E-state index in [1.165, 1.54) is 5.56 Å². The summed E-state index contributed by atoms with van der Waals surface area (Å²) in [5.41, 5.74) is 3.39. The molecule has 0 radical (unpaired) electrons. The summed E-state index contributed by atoms with van der Waals surface area (Å²) in [6, 6.07) is 6.14. The Balaban J connectivity index is 2.37. The van der Waals surface area contributed by atoms with Crippen LogP contribution in [-0.4, -0.2) is 24.2 Å². The molecule has 0 saturated carbocycles. The number of carbonyl (C=O) groups excluding carboxylic acids is 1. The number of aliphatic hydroxyl groups excluding tert-OH is 1. The van der Waals surface area contributed by atoms with E-state index in [0.29, 0.717) is 13.0 Å². The van der Waals surface area contributed by atoms with E-state index in [-0.39, 0.29) is 18.4 Å². The molecule has 2 rings (SSSR count). The SMILES string of the molecule is CCc1cccc(C)c1N1CC(CO)CC1=O. The Hall–Kier alpha value is -1.35. The number of amides is 1. The standard InChI is InChI=1S/C14H19NO2/c1-3-12-6-4-5-10(2)14(12)15-8-11(9-16)7-13(15)17/h4-6,11,16H,3,7-9H2,1-2H3. The summed E-state index contributed by atoms with van der Waals surface area (Å²) < 4.78 is 0. The van der Waals surface area contributed by atoms with Gasteiger partial charge in [0, 0.05) is 31.2 Å². The van der Waals surface area contributed by atoms with Crippen LogP contribution in [0.25, 0.3) is 0 Å². The number of carbonyl (C=O) groups is 1. The molecule has 1 aromatic carbocycles. The zero-order valence-electron chi connectivity index (χ0n) is 10.4. The van der Waals surface area contributed by atoms with Gasteiger partial charge in [0.2, 0.25) is 5.91 Å². The summed E-state index contributed by atoms with van der Waals surface area (Å²) in [7, 11) is 0. The van der Waals surface area contributed by atoms with Gasteiger partial charge in [-0.2, -0.15) is 0 Å². The van der Waals surface area contributed by atoms with Crippen molar-refractivity contribution in [3.8, 4) is 0 Å². The van der Waals surface area contributed by atoms with Crippen LogP contribution in [0, 0.1) is 12.8 Å². The quantitative estimate of drug-likeness (QED) is 0.866. The molecule has 0 bridgehead atoms. The predicted molar refractivity (Wildman–Crippen MR) is 68.1 cm³/mol. The Labute approximate surface area is 102 Å². The van der Waals surface area contributed by atoms with Gasteiger partial charge in [-0.1, -0.05) is 25.1 Å². The zero-order valence-corrected chi connectivity index (χ0v) is 10.4. The van der Waals surface area contributed by atoms with Gasteiger partial charge in [0.15, 0.2) is 0 Å². The Morgan fingerprint density at radius 3 is 2.82 bits per heavy atom. The molecule has 1 unspecified atom stereocenters. The molecule has 0 spiro atoms. The van der Waals surface area contributed by atoms with Crippen LogP contribution in [0.4, 0.5) is 5.69 Å². The van der Waals surface area contributed by atoms with Gasteiger partial charge in [-0.3, -0.25) is 4.79 Å². The Kier molecular flexibility index (Phi) is 3.48. The van der Waals surface area contributed by atoms with Crippen molar-refractivity contribution in [2.24, 2.45) is 5.92 Å². The molecule has 1 aliphatic heterocycles. The van der Waals surface area contributed by atoms with Gasteiger partial charge in [0.25, 0.3) is 0 Å². The van der Waals surface area contributed by atoms with Gasteiger partial charge in [0.1, 0.15) is 0 Å². The van der Waals surface area contributed by atoms with E-state index in [4.69, 9.17) is 5.11 Å². The fraction of sp³-hybridized carbons (Fsp3) is 0.500. The van der Waals surface area contributed by atoms with Gasteiger partial charge < -0.3 is 10.0 Å². The first-order chi connectivity index (χ1) is 8.17. The van der Waals surface area contributed by atoms with Gasteiger partial charge in [-0.05, 0) is 24.5 Å². The van der Waals surface area contributed by atoms with Crippen LogP contribution in [0.15, 0.2) is 18.2 Å². The number of benzene rings is 1. The maximum Gasteiger partial charge on any atom is 0.227 e. The minimum atomic E-state index is 0.0896. The molecule has 1 fully saturated rings. The van der Waals surface area contributed by atoms with E-state index in [1.54, 1.807) is 0 Å². The van der Waals surface area contributed by atoms with Crippen molar-refractivity contribution >= 4 is 11.6 Å². The van der Waals surface area contributed by atoms with Gasteiger partial charge >= 0.3 is 0 Å². The summed E-state index contributed by atoms with van der Waals surface area (Å²) in [6.07, 6.45) is 1.39. The molecule has 92 valence electrons. The maximum atomic E-state index is 12.0. The Bertz CT molecular complexity index is 428. The van der Waals surface area contributed by atoms with E-state index in [0.717, 1.165) is 17.7 Å². The second-order valence-corrected chi connectivity index (χ2v) is 4.69. The molecular weight excluding hydrogens is 214 g/mol. The summed E-state index contributed by atoms with van der Waals surface area (Å²) in [5.74, 6) is 0.222. The Morgan fingerprint density at radius 2 is 2.24 bits per heavy atom. The topological polar surface area (TPSA) is 40.5 Å². The lowest BCUT2D eigenvalue weighted by atomic mass is 10.0. The number of hydrogen-bond acceptors (Lipinski definition) is 2. The molecule has 3 nitrogen and oxygen atoms in total. The molecule has 1 heterocycles. The first kappa shape index (κ1) is 12.1. The number of rotatable bonds is 3. The number of aryl methyl sites for hydroxylation is 2. The smallest absolute Gasteiger partial charge is 0.227 e. The second-order valence-electron chi connectivity index (χ2n) is 4.69. The van der Waals surface area contributed by atoms with Crippen molar-refractivity contribution in [1.82, 2.24) is 0 Å². The minimum Gasteiger partial charge on any atom is -0.396 e. The summed E-state index contributed by atoms with van der Waals surface area (Å²) >= 11 is 0. The monoisotopic (exact) mass is 233 g/mol. The van der Waals surface area contributed by atoms with Crippen LogP contribution in [-0.2, 0) is 11.2 Å². The predicted octanol–water partition coefficient (Wildman–Crippen LogP) is 1.90. The third kappa shape index (κ3) is 2.20. The lowest BCUT2D eigenvalue weighted by Crippen LogP contribution is -2.26. The van der Waals surface area contributed by atoms with E-state index >= 15 is 0 Å². The van der Waals surface area contributed by atoms with E-state index < -0.39 is 0 Å². The highest BCUT2D eigenvalue weighted by molar-refractivity contribution is 5.97. The molecule has 1 amide bonds. The molecule has 1 N–H and O–H groups in total. The molecule has 1 atom stereocenters. The van der Waals surface area contributed by atoms with Gasteiger partial charge in [-0.25, -0.2) is 0 Å². The highest BCUT2D eigenvalue weighted by atomic mass is 16.3. The van der Waals surface area contributed by atoms with E-state index in [1.807, 2.05) is 24.0 Å². The van der Waals surface area contributed by atoms with Crippen LogP contribution in [0.2, 0.25) is 0 Å². The average Bonchev–Trinajstić information content (AvgIpc) is 2.70. The van der Waals surface area contributed by atoms with Crippen LogP contribution in [0.5, 0.6) is 0 Å². The van der Waals surface area contributed by atoms with Crippen molar-refractivity contribution in [1.29, 1.82) is 0 Å². The molecule has 3 heteroatoms. The van der Waals surface area contributed by atoms with Crippen LogP contribution < -0.4 is 4.90 Å². The molecule has 1 aromatic rings. The Morgan fingerprint density at radius 1 is 1.47 bits per heavy atom. The first-order valence-electron chi connectivity index (χ1n) is 6.17. The first-order valence-corrected chi connectivity index (χ1v) is 6.17. The van der Waals surface area contributed by atoms with Crippen molar-refractivity contribution in [2.45, 2.75) is 26.7 Å². The molecular formula is C14H19NO2. The zero-order chi connectivity index (χ0) is 12.4. The minimum absolute atomic E-state index is 0.0896. The highest BCUT2D eigenvalue weighted by Gasteiger charge is 2.31. The second kappa shape index (κ2) is 4.88.